The molecule has 0 bridgehead atoms. The van der Waals surface area contributed by atoms with E-state index >= 15 is 0 Å². The van der Waals surface area contributed by atoms with E-state index in [1.54, 1.807) is 42.1 Å². The van der Waals surface area contributed by atoms with Crippen molar-refractivity contribution in [1.82, 2.24) is 19.7 Å². The second-order valence-electron chi connectivity index (χ2n) is 5.38. The third-order valence-corrected chi connectivity index (χ3v) is 3.82. The Morgan fingerprint density at radius 3 is 2.46 bits per heavy atom. The number of aromatic nitrogens is 4. The average molecular weight is 383 g/mol. The van der Waals surface area contributed by atoms with Crippen LogP contribution >= 0.6 is 11.6 Å². The van der Waals surface area contributed by atoms with Crippen LogP contribution in [0.2, 0.25) is 5.02 Å². The summed E-state index contributed by atoms with van der Waals surface area (Å²) in [6.07, 6.45) is -2.11. The molecule has 1 aromatic carbocycles. The molecule has 0 fully saturated rings. The van der Waals surface area contributed by atoms with Gasteiger partial charge in [0.25, 0.3) is 0 Å². The zero-order chi connectivity index (χ0) is 18.9. The van der Waals surface area contributed by atoms with E-state index in [1.165, 1.54) is 7.05 Å². The molecule has 6 nitrogen and oxygen atoms in total. The molecule has 26 heavy (non-hydrogen) atoms. The summed E-state index contributed by atoms with van der Waals surface area (Å²) in [5, 5.41) is 10.3. The summed E-state index contributed by atoms with van der Waals surface area (Å²) in [4.78, 5) is 7.63. The van der Waals surface area contributed by atoms with Crippen molar-refractivity contribution in [3.05, 3.63) is 52.9 Å². The molecule has 2 aromatic heterocycles. The number of nitrogens with one attached hydrogen (secondary N) is 2. The van der Waals surface area contributed by atoms with Crippen molar-refractivity contribution in [2.24, 2.45) is 0 Å². The summed E-state index contributed by atoms with van der Waals surface area (Å²) >= 11 is 5.87. The van der Waals surface area contributed by atoms with Gasteiger partial charge in [-0.25, -0.2) is 9.67 Å². The number of nitrogens with zero attached hydrogens (tertiary/aromatic N) is 4. The molecule has 0 unspecified atom stereocenters. The van der Waals surface area contributed by atoms with E-state index < -0.39 is 11.7 Å². The van der Waals surface area contributed by atoms with Gasteiger partial charge in [0.15, 0.2) is 0 Å². The molecule has 136 valence electrons. The lowest BCUT2D eigenvalue weighted by Gasteiger charge is -2.12. The number of rotatable bonds is 4. The second kappa shape index (κ2) is 6.83. The fraction of sp³-hybridized carbons (Fsp3) is 0.188. The summed E-state index contributed by atoms with van der Waals surface area (Å²) in [6, 6.07) is 7.07. The Kier molecular flexibility index (Phi) is 4.73. The summed E-state index contributed by atoms with van der Waals surface area (Å²) in [5.41, 5.74) is 1.06. The molecule has 2 heterocycles. The first-order valence-electron chi connectivity index (χ1n) is 7.49. The number of hydrogen-bond donors (Lipinski definition) is 2. The maximum Gasteiger partial charge on any atom is 0.421 e. The van der Waals surface area contributed by atoms with E-state index in [0.717, 1.165) is 11.9 Å². The number of alkyl halides is 3. The zero-order valence-corrected chi connectivity index (χ0v) is 14.5. The molecule has 0 aliphatic carbocycles. The molecule has 0 aliphatic heterocycles. The van der Waals surface area contributed by atoms with Gasteiger partial charge in [-0.2, -0.15) is 23.3 Å². The highest BCUT2D eigenvalue weighted by atomic mass is 35.5. The van der Waals surface area contributed by atoms with E-state index in [4.69, 9.17) is 11.6 Å². The normalized spacial score (nSPS) is 11.5. The van der Waals surface area contributed by atoms with E-state index in [2.05, 4.69) is 25.7 Å². The van der Waals surface area contributed by atoms with Gasteiger partial charge in [-0.15, -0.1) is 0 Å². The van der Waals surface area contributed by atoms with E-state index in [9.17, 15) is 13.2 Å². The minimum atomic E-state index is -4.54. The van der Waals surface area contributed by atoms with Crippen LogP contribution in [0.5, 0.6) is 0 Å². The van der Waals surface area contributed by atoms with Crippen molar-refractivity contribution in [3.8, 4) is 5.69 Å². The Morgan fingerprint density at radius 2 is 1.85 bits per heavy atom. The lowest BCUT2D eigenvalue weighted by molar-refractivity contribution is -0.137. The van der Waals surface area contributed by atoms with Crippen molar-refractivity contribution >= 4 is 29.1 Å². The molecule has 0 saturated heterocycles. The van der Waals surface area contributed by atoms with Gasteiger partial charge in [-0.1, -0.05) is 11.6 Å². The first kappa shape index (κ1) is 18.0. The highest BCUT2D eigenvalue weighted by Crippen LogP contribution is 2.34. The van der Waals surface area contributed by atoms with Gasteiger partial charge in [0.1, 0.15) is 11.4 Å². The van der Waals surface area contributed by atoms with Crippen molar-refractivity contribution < 1.29 is 13.2 Å². The lowest BCUT2D eigenvalue weighted by atomic mass is 10.3. The van der Waals surface area contributed by atoms with Gasteiger partial charge in [0.2, 0.25) is 5.95 Å². The molecule has 3 rings (SSSR count). The quantitative estimate of drug-likeness (QED) is 0.698. The number of hydrogen-bond acceptors (Lipinski definition) is 5. The monoisotopic (exact) mass is 382 g/mol. The summed E-state index contributed by atoms with van der Waals surface area (Å²) < 4.78 is 40.4. The van der Waals surface area contributed by atoms with Crippen LogP contribution in [0.4, 0.5) is 30.6 Å². The van der Waals surface area contributed by atoms with Gasteiger partial charge in [-0.05, 0) is 31.2 Å². The molecule has 0 amide bonds. The molecule has 0 spiro atoms. The van der Waals surface area contributed by atoms with Crippen LogP contribution in [0, 0.1) is 6.92 Å². The Morgan fingerprint density at radius 1 is 1.15 bits per heavy atom. The van der Waals surface area contributed by atoms with Crippen LogP contribution in [0.1, 0.15) is 11.3 Å². The minimum absolute atomic E-state index is 0.0288. The Labute approximate surface area is 152 Å². The lowest BCUT2D eigenvalue weighted by Crippen LogP contribution is -2.12. The molecule has 3 aromatic rings. The van der Waals surface area contributed by atoms with Crippen LogP contribution in [-0.4, -0.2) is 26.8 Å². The molecule has 10 heteroatoms. The molecule has 2 N–H and O–H groups in total. The Bertz CT molecular complexity index is 921. The largest absolute Gasteiger partial charge is 0.421 e. The van der Waals surface area contributed by atoms with Crippen LogP contribution < -0.4 is 10.6 Å². The van der Waals surface area contributed by atoms with Gasteiger partial charge in [-0.3, -0.25) is 0 Å². The number of benzene rings is 1. The predicted molar refractivity (Wildman–Crippen MR) is 93.2 cm³/mol. The maximum absolute atomic E-state index is 12.9. The van der Waals surface area contributed by atoms with E-state index in [0.29, 0.717) is 16.4 Å². The van der Waals surface area contributed by atoms with Gasteiger partial charge < -0.3 is 10.6 Å². The van der Waals surface area contributed by atoms with Gasteiger partial charge in [0.05, 0.1) is 23.3 Å². The number of anilines is 3. The van der Waals surface area contributed by atoms with Crippen LogP contribution in [0.15, 0.2) is 36.7 Å². The topological polar surface area (TPSA) is 67.7 Å². The number of aryl methyl sites for hydroxylation is 1. The Balaban J connectivity index is 1.89. The highest BCUT2D eigenvalue weighted by molar-refractivity contribution is 6.30. The molecule has 0 saturated carbocycles. The Hall–Kier alpha value is -2.81. The molecular formula is C16H14ClF3N6. The van der Waals surface area contributed by atoms with Gasteiger partial charge in [0, 0.05) is 18.3 Å². The minimum Gasteiger partial charge on any atom is -0.372 e. The van der Waals surface area contributed by atoms with Crippen LogP contribution in [-0.2, 0) is 6.18 Å². The average Bonchev–Trinajstić information content (AvgIpc) is 2.95. The third-order valence-electron chi connectivity index (χ3n) is 3.57. The van der Waals surface area contributed by atoms with Crippen LogP contribution in [0.3, 0.4) is 0 Å². The third kappa shape index (κ3) is 3.72. The van der Waals surface area contributed by atoms with Crippen molar-refractivity contribution in [1.29, 1.82) is 0 Å². The van der Waals surface area contributed by atoms with Crippen molar-refractivity contribution in [2.45, 2.75) is 13.1 Å². The maximum atomic E-state index is 12.9. The first-order chi connectivity index (χ1) is 12.3. The summed E-state index contributed by atoms with van der Waals surface area (Å²) in [7, 11) is 1.37. The van der Waals surface area contributed by atoms with E-state index in [1.807, 2.05) is 0 Å². The number of halogens is 4. The second-order valence-corrected chi connectivity index (χ2v) is 5.81. The fourth-order valence-electron chi connectivity index (χ4n) is 2.27. The summed E-state index contributed by atoms with van der Waals surface area (Å²) in [6.45, 7) is 1.76. The fourth-order valence-corrected chi connectivity index (χ4v) is 2.40. The molecule has 0 atom stereocenters. The van der Waals surface area contributed by atoms with Gasteiger partial charge >= 0.3 is 6.18 Å². The van der Waals surface area contributed by atoms with Crippen molar-refractivity contribution in [2.75, 3.05) is 17.7 Å². The first-order valence-corrected chi connectivity index (χ1v) is 7.87. The van der Waals surface area contributed by atoms with E-state index in [-0.39, 0.29) is 11.8 Å². The molecular weight excluding hydrogens is 369 g/mol. The smallest absolute Gasteiger partial charge is 0.372 e. The SMILES string of the molecule is CNc1nc(Nc2cn(-c3ccc(Cl)cc3)nc2C)ncc1C(F)(F)F. The van der Waals surface area contributed by atoms with Crippen LogP contribution in [0.25, 0.3) is 5.69 Å². The summed E-state index contributed by atoms with van der Waals surface area (Å²) in [5.74, 6) is -0.279. The highest BCUT2D eigenvalue weighted by Gasteiger charge is 2.35. The molecule has 0 radical (unpaired) electrons. The zero-order valence-electron chi connectivity index (χ0n) is 13.8. The van der Waals surface area contributed by atoms with Crippen molar-refractivity contribution in [3.63, 3.8) is 0 Å². The standard InChI is InChI=1S/C16H14ClF3N6/c1-9-13(8-26(25-9)11-5-3-10(17)4-6-11)23-15-22-7-12(16(18,19)20)14(21-2)24-15/h3-8H,1-2H3,(H2,21,22,23,24). The predicted octanol–water partition coefficient (Wildman–Crippen LogP) is 4.43. The molecule has 0 aliphatic rings.